The van der Waals surface area contributed by atoms with Crippen LogP contribution in [0.2, 0.25) is 0 Å². The van der Waals surface area contributed by atoms with E-state index in [1.54, 1.807) is 24.3 Å². The molecule has 0 radical (unpaired) electrons. The van der Waals surface area contributed by atoms with Crippen molar-refractivity contribution in [3.63, 3.8) is 0 Å². The molecule has 6 rings (SSSR count). The molecule has 0 saturated carbocycles. The van der Waals surface area contributed by atoms with Gasteiger partial charge in [-0.15, -0.1) is 0 Å². The molecule has 1 spiro atoms. The maximum absolute atomic E-state index is 13.5. The molecule has 45 heavy (non-hydrogen) atoms. The molecule has 7 nitrogen and oxygen atoms in total. The van der Waals surface area contributed by atoms with E-state index >= 15 is 0 Å². The fourth-order valence-electron chi connectivity index (χ4n) is 8.19. The van der Waals surface area contributed by atoms with Crippen LogP contribution in [0.15, 0.2) is 95.0 Å². The molecule has 8 heteroatoms. The molecule has 3 aromatic rings. The standard InChI is InChI=1S/C37H44N2O5S/c1-5-36(6-2,25-44-45(41,42)29-18-16-26(3)17-19-29)23-28-22-30(35(40)43-4)33-37(31-14-10-11-15-32(31)38-33)20-21-39(34(28)37)24-27-12-8-7-9-13-27/h7-19,28,34,38H,5-6,20-25H2,1-4H3/t28-,34-,37-/m1/s1. The van der Waals surface area contributed by atoms with Crippen molar-refractivity contribution >= 4 is 21.8 Å². The lowest BCUT2D eigenvalue weighted by atomic mass is 9.60. The van der Waals surface area contributed by atoms with Gasteiger partial charge in [0.15, 0.2) is 0 Å². The van der Waals surface area contributed by atoms with Crippen LogP contribution in [0.1, 0.15) is 62.6 Å². The van der Waals surface area contributed by atoms with Crippen molar-refractivity contribution in [3.8, 4) is 0 Å². The summed E-state index contributed by atoms with van der Waals surface area (Å²) >= 11 is 0. The molecule has 2 heterocycles. The smallest absolute Gasteiger partial charge is 0.335 e. The number of benzene rings is 3. The Morgan fingerprint density at radius 3 is 2.38 bits per heavy atom. The topological polar surface area (TPSA) is 84.9 Å². The Morgan fingerprint density at radius 2 is 1.69 bits per heavy atom. The SMILES string of the molecule is CCC(CC)(COS(=O)(=O)c1ccc(C)cc1)C[C@H]1CC(C(=O)OC)=C2Nc3ccccc3[C@]23CCN(Cc2ccccc2)[C@H]13. The summed E-state index contributed by atoms with van der Waals surface area (Å²) in [5, 5.41) is 3.67. The number of anilines is 1. The molecule has 3 aromatic carbocycles. The molecule has 2 aliphatic heterocycles. The Hall–Kier alpha value is -3.46. The molecule has 0 amide bonds. The number of nitrogens with zero attached hydrogens (tertiary/aromatic N) is 1. The minimum atomic E-state index is -3.93. The predicted octanol–water partition coefficient (Wildman–Crippen LogP) is 6.98. The summed E-state index contributed by atoms with van der Waals surface area (Å²) in [5.41, 5.74) is 5.39. The molecule has 3 atom stereocenters. The Morgan fingerprint density at radius 1 is 1.00 bits per heavy atom. The average Bonchev–Trinajstić information content (AvgIpc) is 3.61. The van der Waals surface area contributed by atoms with Crippen molar-refractivity contribution in [2.75, 3.05) is 25.6 Å². The van der Waals surface area contributed by atoms with E-state index in [0.29, 0.717) is 12.0 Å². The van der Waals surface area contributed by atoms with Crippen LogP contribution < -0.4 is 5.32 Å². The molecule has 1 N–H and O–H groups in total. The number of rotatable bonds is 11. The number of para-hydroxylation sites is 1. The summed E-state index contributed by atoms with van der Waals surface area (Å²) in [6.45, 7) is 7.94. The molecule has 0 bridgehead atoms. The summed E-state index contributed by atoms with van der Waals surface area (Å²) in [7, 11) is -2.48. The van der Waals surface area contributed by atoms with E-state index in [9.17, 15) is 13.2 Å². The monoisotopic (exact) mass is 628 g/mol. The van der Waals surface area contributed by atoms with Gasteiger partial charge in [-0.1, -0.05) is 80.1 Å². The van der Waals surface area contributed by atoms with E-state index in [0.717, 1.165) is 55.7 Å². The van der Waals surface area contributed by atoms with E-state index in [2.05, 4.69) is 66.5 Å². The largest absolute Gasteiger partial charge is 0.466 e. The third-order valence-corrected chi connectivity index (χ3v) is 12.0. The number of hydrogen-bond acceptors (Lipinski definition) is 7. The molecular formula is C37H44N2O5S. The number of likely N-dealkylation sites (tertiary alicyclic amines) is 1. The van der Waals surface area contributed by atoms with Crippen LogP contribution in [-0.2, 0) is 35.8 Å². The zero-order chi connectivity index (χ0) is 31.8. The van der Waals surface area contributed by atoms with Crippen LogP contribution in [0.4, 0.5) is 5.69 Å². The number of aryl methyl sites for hydroxylation is 1. The first-order valence-electron chi connectivity index (χ1n) is 16.1. The van der Waals surface area contributed by atoms with Gasteiger partial charge in [0.1, 0.15) is 0 Å². The van der Waals surface area contributed by atoms with Crippen molar-refractivity contribution < 1.29 is 22.1 Å². The van der Waals surface area contributed by atoms with Crippen LogP contribution in [0.25, 0.3) is 0 Å². The molecule has 1 aliphatic carbocycles. The first kappa shape index (κ1) is 31.5. The van der Waals surface area contributed by atoms with E-state index in [-0.39, 0.29) is 34.8 Å². The summed E-state index contributed by atoms with van der Waals surface area (Å²) in [5.74, 6) is -0.237. The lowest BCUT2D eigenvalue weighted by molar-refractivity contribution is -0.136. The molecule has 0 unspecified atom stereocenters. The highest BCUT2D eigenvalue weighted by atomic mass is 32.2. The van der Waals surface area contributed by atoms with Crippen LogP contribution in [0, 0.1) is 18.3 Å². The van der Waals surface area contributed by atoms with Crippen LogP contribution >= 0.6 is 0 Å². The quantitative estimate of drug-likeness (QED) is 0.181. The second-order valence-electron chi connectivity index (χ2n) is 13.0. The van der Waals surface area contributed by atoms with E-state index in [1.165, 1.54) is 18.2 Å². The third kappa shape index (κ3) is 5.62. The van der Waals surface area contributed by atoms with Crippen molar-refractivity contribution in [2.24, 2.45) is 11.3 Å². The Labute approximate surface area is 267 Å². The fourth-order valence-corrected chi connectivity index (χ4v) is 9.20. The summed E-state index contributed by atoms with van der Waals surface area (Å²) in [6, 6.07) is 25.9. The first-order valence-corrected chi connectivity index (χ1v) is 17.5. The zero-order valence-electron chi connectivity index (χ0n) is 26.7. The zero-order valence-corrected chi connectivity index (χ0v) is 27.5. The van der Waals surface area contributed by atoms with Crippen LogP contribution in [0.3, 0.4) is 0 Å². The minimum Gasteiger partial charge on any atom is -0.466 e. The van der Waals surface area contributed by atoms with Gasteiger partial charge in [-0.05, 0) is 79.7 Å². The number of hydrogen-bond donors (Lipinski definition) is 1. The van der Waals surface area contributed by atoms with E-state index < -0.39 is 15.5 Å². The highest BCUT2D eigenvalue weighted by Crippen LogP contribution is 2.60. The van der Waals surface area contributed by atoms with Crippen LogP contribution in [-0.4, -0.2) is 45.6 Å². The van der Waals surface area contributed by atoms with Gasteiger partial charge in [-0.2, -0.15) is 8.42 Å². The van der Waals surface area contributed by atoms with Crippen LogP contribution in [0.5, 0.6) is 0 Å². The van der Waals surface area contributed by atoms with E-state index in [4.69, 9.17) is 8.92 Å². The molecule has 1 saturated heterocycles. The van der Waals surface area contributed by atoms with Crippen molar-refractivity contribution in [3.05, 3.63) is 107 Å². The minimum absolute atomic E-state index is 0.0626. The normalized spacial score (nSPS) is 22.8. The molecular weight excluding hydrogens is 584 g/mol. The highest BCUT2D eigenvalue weighted by Gasteiger charge is 2.61. The average molecular weight is 629 g/mol. The molecule has 3 aliphatic rings. The number of esters is 1. The lowest BCUT2D eigenvalue weighted by Gasteiger charge is -2.48. The number of carbonyl (C=O) groups is 1. The number of carbonyl (C=O) groups excluding carboxylic acids is 1. The Bertz CT molecular complexity index is 1680. The van der Waals surface area contributed by atoms with E-state index in [1.807, 2.05) is 19.1 Å². The molecule has 1 fully saturated rings. The second kappa shape index (κ2) is 12.4. The van der Waals surface area contributed by atoms with Gasteiger partial charge in [0, 0.05) is 30.5 Å². The summed E-state index contributed by atoms with van der Waals surface area (Å²) in [6.07, 6.45) is 3.65. The maximum atomic E-state index is 13.5. The summed E-state index contributed by atoms with van der Waals surface area (Å²) < 4.78 is 37.9. The second-order valence-corrected chi connectivity index (χ2v) is 14.7. The van der Waals surface area contributed by atoms with Crippen molar-refractivity contribution in [1.29, 1.82) is 0 Å². The van der Waals surface area contributed by atoms with Gasteiger partial charge in [0.2, 0.25) is 0 Å². The summed E-state index contributed by atoms with van der Waals surface area (Å²) in [4.78, 5) is 16.2. The van der Waals surface area contributed by atoms with Gasteiger partial charge < -0.3 is 10.1 Å². The Balaban J connectivity index is 1.40. The van der Waals surface area contributed by atoms with Gasteiger partial charge >= 0.3 is 5.97 Å². The first-order chi connectivity index (χ1) is 21.7. The fraction of sp³-hybridized carbons (Fsp3) is 0.432. The lowest BCUT2D eigenvalue weighted by Crippen LogP contribution is -2.52. The number of ether oxygens (including phenoxy) is 1. The van der Waals surface area contributed by atoms with Crippen molar-refractivity contribution in [1.82, 2.24) is 4.90 Å². The highest BCUT2D eigenvalue weighted by molar-refractivity contribution is 7.86. The number of methoxy groups -OCH3 is 1. The molecule has 0 aromatic heterocycles. The number of nitrogens with one attached hydrogen (secondary N) is 1. The van der Waals surface area contributed by atoms with Gasteiger partial charge in [0.25, 0.3) is 10.1 Å². The van der Waals surface area contributed by atoms with Crippen molar-refractivity contribution in [2.45, 2.75) is 75.8 Å². The maximum Gasteiger partial charge on any atom is 0.335 e. The van der Waals surface area contributed by atoms with Gasteiger partial charge in [0.05, 0.1) is 29.6 Å². The number of fused-ring (bicyclic) bond motifs is 1. The van der Waals surface area contributed by atoms with Gasteiger partial charge in [-0.25, -0.2) is 4.79 Å². The third-order valence-electron chi connectivity index (χ3n) is 10.7. The Kier molecular flexibility index (Phi) is 8.67. The predicted molar refractivity (Wildman–Crippen MR) is 176 cm³/mol. The van der Waals surface area contributed by atoms with Gasteiger partial charge in [-0.3, -0.25) is 9.08 Å². The molecule has 238 valence electrons.